The van der Waals surface area contributed by atoms with Crippen LogP contribution in [0.15, 0.2) is 0 Å². The number of nitrogens with one attached hydrogen (secondary N) is 1. The zero-order valence-corrected chi connectivity index (χ0v) is 10.1. The van der Waals surface area contributed by atoms with Crippen LogP contribution in [0.1, 0.15) is 25.7 Å². The van der Waals surface area contributed by atoms with Gasteiger partial charge in [-0.15, -0.1) is 0 Å². The van der Waals surface area contributed by atoms with Gasteiger partial charge in [-0.05, 0) is 38.6 Å². The van der Waals surface area contributed by atoms with Crippen LogP contribution in [0, 0.1) is 5.92 Å². The SMILES string of the molecule is CNCC(O)C1CCOC2(CCOCC2)C1. The van der Waals surface area contributed by atoms with Gasteiger partial charge in [0, 0.05) is 26.4 Å². The minimum absolute atomic E-state index is 0.00408. The molecule has 0 bridgehead atoms. The molecule has 0 amide bonds. The minimum Gasteiger partial charge on any atom is -0.392 e. The molecule has 16 heavy (non-hydrogen) atoms. The van der Waals surface area contributed by atoms with Crippen molar-refractivity contribution in [1.82, 2.24) is 5.32 Å². The third-order valence-electron chi connectivity index (χ3n) is 3.89. The fraction of sp³-hybridized carbons (Fsp3) is 1.00. The lowest BCUT2D eigenvalue weighted by atomic mass is 9.78. The Balaban J connectivity index is 1.92. The van der Waals surface area contributed by atoms with Crippen LogP contribution in [0.25, 0.3) is 0 Å². The summed E-state index contributed by atoms with van der Waals surface area (Å²) in [5.74, 6) is 0.374. The van der Waals surface area contributed by atoms with Crippen molar-refractivity contribution in [2.45, 2.75) is 37.4 Å². The predicted octanol–water partition coefficient (Wildman–Crippen LogP) is 0.542. The van der Waals surface area contributed by atoms with Crippen LogP contribution in [0.2, 0.25) is 0 Å². The van der Waals surface area contributed by atoms with E-state index in [4.69, 9.17) is 9.47 Å². The molecule has 2 aliphatic rings. The molecule has 4 nitrogen and oxygen atoms in total. The molecule has 1 spiro atoms. The van der Waals surface area contributed by atoms with Gasteiger partial charge in [-0.25, -0.2) is 0 Å². The maximum Gasteiger partial charge on any atom is 0.0730 e. The van der Waals surface area contributed by atoms with Crippen LogP contribution < -0.4 is 5.32 Å². The van der Waals surface area contributed by atoms with Crippen molar-refractivity contribution in [3.8, 4) is 0 Å². The zero-order chi connectivity index (χ0) is 11.4. The Morgan fingerprint density at radius 3 is 2.81 bits per heavy atom. The molecule has 2 saturated heterocycles. The van der Waals surface area contributed by atoms with Gasteiger partial charge in [0.05, 0.1) is 11.7 Å². The summed E-state index contributed by atoms with van der Waals surface area (Å²) < 4.78 is 11.3. The monoisotopic (exact) mass is 229 g/mol. The highest BCUT2D eigenvalue weighted by atomic mass is 16.5. The molecule has 0 radical (unpaired) electrons. The van der Waals surface area contributed by atoms with Crippen molar-refractivity contribution >= 4 is 0 Å². The standard InChI is InChI=1S/C12H23NO3/c1-13-9-11(14)10-2-5-16-12(8-10)3-6-15-7-4-12/h10-11,13-14H,2-9H2,1H3. The second kappa shape index (κ2) is 5.45. The van der Waals surface area contributed by atoms with Gasteiger partial charge in [-0.2, -0.15) is 0 Å². The lowest BCUT2D eigenvalue weighted by Crippen LogP contribution is -2.47. The first kappa shape index (κ1) is 12.3. The fourth-order valence-corrected chi connectivity index (χ4v) is 2.86. The van der Waals surface area contributed by atoms with Crippen LogP contribution in [-0.4, -0.2) is 50.2 Å². The molecule has 2 heterocycles. The molecule has 2 fully saturated rings. The first-order valence-electron chi connectivity index (χ1n) is 6.30. The molecule has 0 aromatic heterocycles. The van der Waals surface area contributed by atoms with Crippen molar-refractivity contribution < 1.29 is 14.6 Å². The van der Waals surface area contributed by atoms with E-state index in [1.165, 1.54) is 0 Å². The number of ether oxygens (including phenoxy) is 2. The number of rotatable bonds is 3. The van der Waals surface area contributed by atoms with Crippen molar-refractivity contribution in [2.24, 2.45) is 5.92 Å². The Kier molecular flexibility index (Phi) is 4.19. The van der Waals surface area contributed by atoms with Gasteiger partial charge in [0.25, 0.3) is 0 Å². The fourth-order valence-electron chi connectivity index (χ4n) is 2.86. The van der Waals surface area contributed by atoms with E-state index < -0.39 is 0 Å². The summed E-state index contributed by atoms with van der Waals surface area (Å²) in [6, 6.07) is 0. The molecule has 0 aromatic carbocycles. The second-order valence-electron chi connectivity index (χ2n) is 5.02. The molecule has 2 unspecified atom stereocenters. The van der Waals surface area contributed by atoms with Gasteiger partial charge >= 0.3 is 0 Å². The molecular weight excluding hydrogens is 206 g/mol. The van der Waals surface area contributed by atoms with Gasteiger partial charge in [-0.3, -0.25) is 0 Å². The summed E-state index contributed by atoms with van der Waals surface area (Å²) in [5.41, 5.74) is -0.00408. The van der Waals surface area contributed by atoms with E-state index in [-0.39, 0.29) is 11.7 Å². The summed E-state index contributed by atoms with van der Waals surface area (Å²) in [5, 5.41) is 13.1. The summed E-state index contributed by atoms with van der Waals surface area (Å²) in [6.07, 6.45) is 3.68. The van der Waals surface area contributed by atoms with E-state index in [1.807, 2.05) is 7.05 Å². The molecule has 94 valence electrons. The van der Waals surface area contributed by atoms with Crippen molar-refractivity contribution in [1.29, 1.82) is 0 Å². The Hall–Kier alpha value is -0.160. The van der Waals surface area contributed by atoms with Gasteiger partial charge < -0.3 is 19.9 Å². The Bertz CT molecular complexity index is 211. The van der Waals surface area contributed by atoms with Gasteiger partial charge in [0.1, 0.15) is 0 Å². The van der Waals surface area contributed by atoms with E-state index in [1.54, 1.807) is 0 Å². The average Bonchev–Trinajstić information content (AvgIpc) is 2.30. The van der Waals surface area contributed by atoms with Gasteiger partial charge in [0.2, 0.25) is 0 Å². The lowest BCUT2D eigenvalue weighted by molar-refractivity contribution is -0.158. The van der Waals surface area contributed by atoms with Crippen molar-refractivity contribution in [2.75, 3.05) is 33.4 Å². The summed E-state index contributed by atoms with van der Waals surface area (Å²) in [6.45, 7) is 3.06. The highest BCUT2D eigenvalue weighted by Crippen LogP contribution is 2.38. The van der Waals surface area contributed by atoms with Crippen LogP contribution in [0.5, 0.6) is 0 Å². The van der Waals surface area contributed by atoms with Crippen LogP contribution >= 0.6 is 0 Å². The lowest BCUT2D eigenvalue weighted by Gasteiger charge is -2.44. The van der Waals surface area contributed by atoms with Gasteiger partial charge in [-0.1, -0.05) is 0 Å². The third-order valence-corrected chi connectivity index (χ3v) is 3.89. The van der Waals surface area contributed by atoms with E-state index in [0.717, 1.165) is 45.5 Å². The van der Waals surface area contributed by atoms with E-state index in [2.05, 4.69) is 5.32 Å². The highest BCUT2D eigenvalue weighted by Gasteiger charge is 2.40. The molecule has 0 saturated carbocycles. The summed E-state index contributed by atoms with van der Waals surface area (Å²) in [4.78, 5) is 0. The van der Waals surface area contributed by atoms with Crippen LogP contribution in [-0.2, 0) is 9.47 Å². The molecule has 2 rings (SSSR count). The molecular formula is C12H23NO3. The first-order chi connectivity index (χ1) is 7.76. The van der Waals surface area contributed by atoms with Crippen LogP contribution in [0.4, 0.5) is 0 Å². The Morgan fingerprint density at radius 2 is 2.12 bits per heavy atom. The summed E-state index contributed by atoms with van der Waals surface area (Å²) in [7, 11) is 1.88. The Labute approximate surface area is 97.3 Å². The quantitative estimate of drug-likeness (QED) is 0.742. The number of hydrogen-bond donors (Lipinski definition) is 2. The number of hydrogen-bond acceptors (Lipinski definition) is 4. The topological polar surface area (TPSA) is 50.7 Å². The molecule has 2 N–H and O–H groups in total. The zero-order valence-electron chi connectivity index (χ0n) is 10.1. The third kappa shape index (κ3) is 2.74. The molecule has 0 aliphatic carbocycles. The summed E-state index contributed by atoms with van der Waals surface area (Å²) >= 11 is 0. The van der Waals surface area contributed by atoms with Crippen molar-refractivity contribution in [3.63, 3.8) is 0 Å². The molecule has 2 aliphatic heterocycles. The maximum absolute atomic E-state index is 10.0. The number of aliphatic hydroxyl groups is 1. The molecule has 4 heteroatoms. The second-order valence-corrected chi connectivity index (χ2v) is 5.02. The molecule has 2 atom stereocenters. The van der Waals surface area contributed by atoms with Crippen molar-refractivity contribution in [3.05, 3.63) is 0 Å². The highest BCUT2D eigenvalue weighted by molar-refractivity contribution is 4.91. The number of aliphatic hydroxyl groups excluding tert-OH is 1. The molecule has 0 aromatic rings. The average molecular weight is 229 g/mol. The van der Waals surface area contributed by atoms with E-state index >= 15 is 0 Å². The van der Waals surface area contributed by atoms with Crippen LogP contribution in [0.3, 0.4) is 0 Å². The smallest absolute Gasteiger partial charge is 0.0730 e. The number of likely N-dealkylation sites (N-methyl/N-ethyl adjacent to an activating group) is 1. The van der Waals surface area contributed by atoms with Gasteiger partial charge in [0.15, 0.2) is 0 Å². The first-order valence-corrected chi connectivity index (χ1v) is 6.30. The van der Waals surface area contributed by atoms with E-state index in [9.17, 15) is 5.11 Å². The predicted molar refractivity (Wildman–Crippen MR) is 61.4 cm³/mol. The van der Waals surface area contributed by atoms with E-state index in [0.29, 0.717) is 12.5 Å². The minimum atomic E-state index is -0.242. The normalized spacial score (nSPS) is 31.5. The Morgan fingerprint density at radius 1 is 1.38 bits per heavy atom. The maximum atomic E-state index is 10.0. The largest absolute Gasteiger partial charge is 0.392 e.